The van der Waals surface area contributed by atoms with Gasteiger partial charge in [-0.15, -0.1) is 0 Å². The summed E-state index contributed by atoms with van der Waals surface area (Å²) in [5.41, 5.74) is 1.24. The standard InChI is InChI=1S/C16H22BrFN2/c17-14-6-5-13(18)11-15(14)20-10-4-9-19-16(12-20)7-2-1-3-8-16/h5-6,11,19H,1-4,7-10,12H2. The first kappa shape index (κ1) is 14.3. The van der Waals surface area contributed by atoms with E-state index >= 15 is 0 Å². The maximum atomic E-state index is 13.6. The van der Waals surface area contributed by atoms with Crippen molar-refractivity contribution in [1.82, 2.24) is 5.32 Å². The summed E-state index contributed by atoms with van der Waals surface area (Å²) in [6.07, 6.45) is 7.58. The highest BCUT2D eigenvalue weighted by Crippen LogP contribution is 2.34. The molecule has 2 fully saturated rings. The average molecular weight is 341 g/mol. The van der Waals surface area contributed by atoms with Crippen LogP contribution in [0.25, 0.3) is 0 Å². The van der Waals surface area contributed by atoms with E-state index in [1.54, 1.807) is 6.07 Å². The van der Waals surface area contributed by atoms with E-state index in [0.29, 0.717) is 0 Å². The van der Waals surface area contributed by atoms with Crippen molar-refractivity contribution < 1.29 is 4.39 Å². The van der Waals surface area contributed by atoms with Crippen LogP contribution in [0.1, 0.15) is 38.5 Å². The molecule has 1 aliphatic carbocycles. The molecule has 1 saturated heterocycles. The summed E-state index contributed by atoms with van der Waals surface area (Å²) in [5.74, 6) is -0.155. The summed E-state index contributed by atoms with van der Waals surface area (Å²) in [6.45, 7) is 3.06. The number of anilines is 1. The Morgan fingerprint density at radius 3 is 2.75 bits per heavy atom. The molecule has 0 bridgehead atoms. The molecule has 20 heavy (non-hydrogen) atoms. The van der Waals surface area contributed by atoms with Gasteiger partial charge in [0, 0.05) is 23.1 Å². The summed E-state index contributed by atoms with van der Waals surface area (Å²) in [7, 11) is 0. The summed E-state index contributed by atoms with van der Waals surface area (Å²) in [6, 6.07) is 4.99. The normalized spacial score (nSPS) is 22.8. The lowest BCUT2D eigenvalue weighted by atomic mass is 9.81. The molecule has 4 heteroatoms. The van der Waals surface area contributed by atoms with Crippen LogP contribution < -0.4 is 10.2 Å². The summed E-state index contributed by atoms with van der Waals surface area (Å²) in [5, 5.41) is 3.78. The average Bonchev–Trinajstić information content (AvgIpc) is 2.65. The second-order valence-corrected chi connectivity index (χ2v) is 6.99. The Labute approximate surface area is 128 Å². The molecule has 2 nitrogen and oxygen atoms in total. The molecule has 3 rings (SSSR count). The first-order chi connectivity index (χ1) is 9.69. The predicted octanol–water partition coefficient (Wildman–Crippen LogP) is 4.09. The number of nitrogens with one attached hydrogen (secondary N) is 1. The lowest BCUT2D eigenvalue weighted by molar-refractivity contribution is 0.246. The first-order valence-electron chi connectivity index (χ1n) is 7.64. The Morgan fingerprint density at radius 2 is 1.95 bits per heavy atom. The molecule has 1 aliphatic heterocycles. The maximum Gasteiger partial charge on any atom is 0.125 e. The molecule has 0 aromatic heterocycles. The lowest BCUT2D eigenvalue weighted by Gasteiger charge is -2.40. The van der Waals surface area contributed by atoms with Gasteiger partial charge in [0.2, 0.25) is 0 Å². The molecule has 2 aliphatic rings. The highest BCUT2D eigenvalue weighted by Gasteiger charge is 2.35. The van der Waals surface area contributed by atoms with E-state index in [1.165, 1.54) is 38.2 Å². The van der Waals surface area contributed by atoms with Gasteiger partial charge in [0.15, 0.2) is 0 Å². The molecule has 1 aromatic carbocycles. The van der Waals surface area contributed by atoms with Gasteiger partial charge >= 0.3 is 0 Å². The third-order valence-corrected chi connectivity index (χ3v) is 5.33. The van der Waals surface area contributed by atoms with Crippen LogP contribution in [-0.2, 0) is 0 Å². The van der Waals surface area contributed by atoms with Crippen molar-refractivity contribution in [3.05, 3.63) is 28.5 Å². The molecule has 1 saturated carbocycles. The highest BCUT2D eigenvalue weighted by atomic mass is 79.9. The van der Waals surface area contributed by atoms with E-state index in [9.17, 15) is 4.39 Å². The molecule has 110 valence electrons. The maximum absolute atomic E-state index is 13.6. The molecule has 0 unspecified atom stereocenters. The van der Waals surface area contributed by atoms with Gasteiger partial charge in [-0.1, -0.05) is 19.3 Å². The number of hydrogen-bond acceptors (Lipinski definition) is 2. The SMILES string of the molecule is Fc1ccc(Br)c(N2CCCNC3(CCCCC3)C2)c1. The van der Waals surface area contributed by atoms with Crippen molar-refractivity contribution in [3.8, 4) is 0 Å². The summed E-state index contributed by atoms with van der Waals surface area (Å²) < 4.78 is 14.6. The van der Waals surface area contributed by atoms with Gasteiger partial charge in [-0.05, 0) is 59.9 Å². The minimum atomic E-state index is -0.155. The Hall–Kier alpha value is -0.610. The fourth-order valence-electron chi connectivity index (χ4n) is 3.62. The van der Waals surface area contributed by atoms with Gasteiger partial charge in [0.05, 0.1) is 5.69 Å². The smallest absolute Gasteiger partial charge is 0.125 e. The molecular weight excluding hydrogens is 319 g/mol. The van der Waals surface area contributed by atoms with Crippen LogP contribution in [0.3, 0.4) is 0 Å². The second-order valence-electron chi connectivity index (χ2n) is 6.14. The van der Waals surface area contributed by atoms with Gasteiger partial charge in [-0.2, -0.15) is 0 Å². The number of benzene rings is 1. The van der Waals surface area contributed by atoms with Crippen molar-refractivity contribution in [2.75, 3.05) is 24.5 Å². The van der Waals surface area contributed by atoms with Gasteiger partial charge in [0.25, 0.3) is 0 Å². The highest BCUT2D eigenvalue weighted by molar-refractivity contribution is 9.10. The third kappa shape index (κ3) is 3.01. The minimum absolute atomic E-state index is 0.155. The second kappa shape index (κ2) is 6.02. The molecule has 0 atom stereocenters. The lowest BCUT2D eigenvalue weighted by Crippen LogP contribution is -2.52. The van der Waals surface area contributed by atoms with E-state index in [4.69, 9.17) is 0 Å². The monoisotopic (exact) mass is 340 g/mol. The summed E-state index contributed by atoms with van der Waals surface area (Å²) in [4.78, 5) is 2.36. The van der Waals surface area contributed by atoms with Crippen molar-refractivity contribution in [2.24, 2.45) is 0 Å². The molecule has 1 N–H and O–H groups in total. The topological polar surface area (TPSA) is 15.3 Å². The van der Waals surface area contributed by atoms with Crippen LogP contribution >= 0.6 is 15.9 Å². The number of hydrogen-bond donors (Lipinski definition) is 1. The zero-order valence-electron chi connectivity index (χ0n) is 11.8. The van der Waals surface area contributed by atoms with Gasteiger partial charge in [-0.3, -0.25) is 0 Å². The van der Waals surface area contributed by atoms with Crippen LogP contribution in [0.4, 0.5) is 10.1 Å². The van der Waals surface area contributed by atoms with E-state index in [-0.39, 0.29) is 11.4 Å². The van der Waals surface area contributed by atoms with E-state index in [1.807, 2.05) is 6.07 Å². The van der Waals surface area contributed by atoms with Crippen LogP contribution in [-0.4, -0.2) is 25.2 Å². The Bertz CT molecular complexity index is 472. The van der Waals surface area contributed by atoms with Crippen LogP contribution in [0.5, 0.6) is 0 Å². The van der Waals surface area contributed by atoms with Gasteiger partial charge in [-0.25, -0.2) is 4.39 Å². The van der Waals surface area contributed by atoms with E-state index in [2.05, 4.69) is 26.1 Å². The zero-order valence-corrected chi connectivity index (χ0v) is 13.4. The van der Waals surface area contributed by atoms with Crippen molar-refractivity contribution in [2.45, 2.75) is 44.1 Å². The molecule has 1 spiro atoms. The molecular formula is C16H22BrFN2. The molecule has 1 aromatic rings. The van der Waals surface area contributed by atoms with Crippen molar-refractivity contribution in [3.63, 3.8) is 0 Å². The fraction of sp³-hybridized carbons (Fsp3) is 0.625. The van der Waals surface area contributed by atoms with Crippen LogP contribution in [0, 0.1) is 5.82 Å². The van der Waals surface area contributed by atoms with Crippen LogP contribution in [0.15, 0.2) is 22.7 Å². The molecule has 0 radical (unpaired) electrons. The van der Waals surface area contributed by atoms with E-state index < -0.39 is 0 Å². The number of rotatable bonds is 1. The van der Waals surface area contributed by atoms with Crippen LogP contribution in [0.2, 0.25) is 0 Å². The minimum Gasteiger partial charge on any atom is -0.369 e. The first-order valence-corrected chi connectivity index (χ1v) is 8.43. The Morgan fingerprint density at radius 1 is 1.15 bits per heavy atom. The zero-order chi connectivity index (χ0) is 14.0. The Kier molecular flexibility index (Phi) is 4.32. The third-order valence-electron chi connectivity index (χ3n) is 4.66. The number of nitrogens with zero attached hydrogens (tertiary/aromatic N) is 1. The summed E-state index contributed by atoms with van der Waals surface area (Å²) >= 11 is 3.58. The Balaban J connectivity index is 1.86. The van der Waals surface area contributed by atoms with Gasteiger partial charge in [0.1, 0.15) is 5.82 Å². The quantitative estimate of drug-likeness (QED) is 0.828. The fourth-order valence-corrected chi connectivity index (χ4v) is 4.12. The largest absolute Gasteiger partial charge is 0.369 e. The van der Waals surface area contributed by atoms with Gasteiger partial charge < -0.3 is 10.2 Å². The molecule has 1 heterocycles. The predicted molar refractivity (Wildman–Crippen MR) is 84.7 cm³/mol. The van der Waals surface area contributed by atoms with Crippen molar-refractivity contribution in [1.29, 1.82) is 0 Å². The van der Waals surface area contributed by atoms with Crippen molar-refractivity contribution >= 4 is 21.6 Å². The number of halogens is 2. The molecule has 0 amide bonds. The van der Waals surface area contributed by atoms with E-state index in [0.717, 1.165) is 36.2 Å².